The van der Waals surface area contributed by atoms with Crippen LogP contribution >= 0.6 is 11.3 Å². The number of benzene rings is 2. The zero-order chi connectivity index (χ0) is 16.4. The minimum absolute atomic E-state index is 0.224. The van der Waals surface area contributed by atoms with Crippen LogP contribution in [-0.2, 0) is 6.54 Å². The van der Waals surface area contributed by atoms with Crippen LogP contribution in [0.1, 0.15) is 22.8 Å². The number of para-hydroxylation sites is 1. The molecular weight excluding hydrogens is 308 g/mol. The number of aryl methyl sites for hydroxylation is 2. The summed E-state index contributed by atoms with van der Waals surface area (Å²) in [5.41, 5.74) is 2.71. The van der Waals surface area contributed by atoms with E-state index in [4.69, 9.17) is 4.74 Å². The molecule has 5 heteroatoms. The van der Waals surface area contributed by atoms with Crippen LogP contribution in [0.15, 0.2) is 47.5 Å². The summed E-state index contributed by atoms with van der Waals surface area (Å²) >= 11 is 1.50. The zero-order valence-corrected chi connectivity index (χ0v) is 14.2. The Kier molecular flexibility index (Phi) is 4.30. The highest BCUT2D eigenvalue weighted by Gasteiger charge is 2.11. The SMILES string of the molecule is CCn1c(=NC(=O)c2ccc(C)cc2)sc2cccc(OC)c21. The predicted octanol–water partition coefficient (Wildman–Crippen LogP) is 3.78. The largest absolute Gasteiger partial charge is 0.495 e. The van der Waals surface area contributed by atoms with Crippen molar-refractivity contribution in [3.63, 3.8) is 0 Å². The summed E-state index contributed by atoms with van der Waals surface area (Å²) < 4.78 is 8.52. The van der Waals surface area contributed by atoms with E-state index in [1.807, 2.05) is 60.9 Å². The highest BCUT2D eigenvalue weighted by molar-refractivity contribution is 7.16. The number of amides is 1. The normalized spacial score (nSPS) is 11.9. The van der Waals surface area contributed by atoms with Crippen molar-refractivity contribution in [2.24, 2.45) is 4.99 Å². The monoisotopic (exact) mass is 326 g/mol. The minimum Gasteiger partial charge on any atom is -0.495 e. The van der Waals surface area contributed by atoms with E-state index in [1.54, 1.807) is 7.11 Å². The number of hydrogen-bond donors (Lipinski definition) is 0. The van der Waals surface area contributed by atoms with Gasteiger partial charge in [-0.2, -0.15) is 4.99 Å². The Labute approximate surface area is 138 Å². The molecule has 3 rings (SSSR count). The fourth-order valence-electron chi connectivity index (χ4n) is 2.49. The molecule has 1 aromatic heterocycles. The van der Waals surface area contributed by atoms with E-state index in [0.29, 0.717) is 10.4 Å². The van der Waals surface area contributed by atoms with Crippen LogP contribution in [0.5, 0.6) is 5.75 Å². The maximum absolute atomic E-state index is 12.4. The summed E-state index contributed by atoms with van der Waals surface area (Å²) in [6.45, 7) is 4.75. The lowest BCUT2D eigenvalue weighted by atomic mass is 10.1. The third kappa shape index (κ3) is 2.92. The van der Waals surface area contributed by atoms with Crippen LogP contribution in [0.4, 0.5) is 0 Å². The van der Waals surface area contributed by atoms with Gasteiger partial charge in [0, 0.05) is 12.1 Å². The number of methoxy groups -OCH3 is 1. The van der Waals surface area contributed by atoms with Crippen LogP contribution in [0.2, 0.25) is 0 Å². The van der Waals surface area contributed by atoms with E-state index in [2.05, 4.69) is 4.99 Å². The van der Waals surface area contributed by atoms with Crippen molar-refractivity contribution >= 4 is 27.5 Å². The average molecular weight is 326 g/mol. The molecule has 0 atom stereocenters. The maximum atomic E-state index is 12.4. The first kappa shape index (κ1) is 15.5. The van der Waals surface area contributed by atoms with Gasteiger partial charge in [0.15, 0.2) is 4.80 Å². The molecule has 23 heavy (non-hydrogen) atoms. The molecule has 0 saturated carbocycles. The Hall–Kier alpha value is -2.40. The fraction of sp³-hybridized carbons (Fsp3) is 0.222. The first-order valence-electron chi connectivity index (χ1n) is 7.46. The van der Waals surface area contributed by atoms with E-state index in [1.165, 1.54) is 11.3 Å². The molecule has 3 aromatic rings. The van der Waals surface area contributed by atoms with E-state index >= 15 is 0 Å². The van der Waals surface area contributed by atoms with E-state index in [0.717, 1.165) is 28.1 Å². The van der Waals surface area contributed by atoms with Crippen molar-refractivity contribution < 1.29 is 9.53 Å². The van der Waals surface area contributed by atoms with Crippen LogP contribution < -0.4 is 9.54 Å². The molecular formula is C18H18N2O2S. The standard InChI is InChI=1S/C18H18N2O2S/c1-4-20-16-14(22-3)6-5-7-15(16)23-18(20)19-17(21)13-10-8-12(2)9-11-13/h5-11H,4H2,1-3H3. The van der Waals surface area contributed by atoms with E-state index in [-0.39, 0.29) is 5.91 Å². The molecule has 0 aliphatic rings. The van der Waals surface area contributed by atoms with E-state index in [9.17, 15) is 4.79 Å². The molecule has 1 amide bonds. The molecule has 0 saturated heterocycles. The van der Waals surface area contributed by atoms with Gasteiger partial charge >= 0.3 is 0 Å². The van der Waals surface area contributed by atoms with Gasteiger partial charge in [-0.15, -0.1) is 0 Å². The quantitative estimate of drug-likeness (QED) is 0.735. The van der Waals surface area contributed by atoms with Gasteiger partial charge in [0.05, 0.1) is 11.8 Å². The number of nitrogens with zero attached hydrogens (tertiary/aromatic N) is 2. The predicted molar refractivity (Wildman–Crippen MR) is 93.1 cm³/mol. The first-order chi connectivity index (χ1) is 11.1. The molecule has 0 spiro atoms. The van der Waals surface area contributed by atoms with Gasteiger partial charge in [0.2, 0.25) is 0 Å². The molecule has 2 aromatic carbocycles. The molecule has 4 nitrogen and oxygen atoms in total. The lowest BCUT2D eigenvalue weighted by Crippen LogP contribution is -2.16. The summed E-state index contributed by atoms with van der Waals surface area (Å²) in [7, 11) is 1.65. The number of thiazole rings is 1. The van der Waals surface area contributed by atoms with Gasteiger partial charge in [-0.05, 0) is 38.1 Å². The summed E-state index contributed by atoms with van der Waals surface area (Å²) in [6.07, 6.45) is 0. The van der Waals surface area contributed by atoms with E-state index < -0.39 is 0 Å². The second-order valence-corrected chi connectivity index (χ2v) is 6.23. The number of carbonyl (C=O) groups excluding carboxylic acids is 1. The highest BCUT2D eigenvalue weighted by Crippen LogP contribution is 2.27. The number of fused-ring (bicyclic) bond motifs is 1. The number of hydrogen-bond acceptors (Lipinski definition) is 3. The topological polar surface area (TPSA) is 43.6 Å². The Bertz CT molecular complexity index is 920. The lowest BCUT2D eigenvalue weighted by Gasteiger charge is -2.05. The van der Waals surface area contributed by atoms with Gasteiger partial charge in [0.25, 0.3) is 5.91 Å². The third-order valence-electron chi connectivity index (χ3n) is 3.70. The summed E-state index contributed by atoms with van der Waals surface area (Å²) in [4.78, 5) is 17.4. The van der Waals surface area contributed by atoms with Crippen molar-refractivity contribution in [2.75, 3.05) is 7.11 Å². The second kappa shape index (κ2) is 6.38. The van der Waals surface area contributed by atoms with Gasteiger partial charge in [-0.3, -0.25) is 4.79 Å². The highest BCUT2D eigenvalue weighted by atomic mass is 32.1. The fourth-order valence-corrected chi connectivity index (χ4v) is 3.60. The molecule has 0 fully saturated rings. The van der Waals surface area contributed by atoms with Crippen LogP contribution in [0, 0.1) is 6.92 Å². The molecule has 0 bridgehead atoms. The number of aromatic nitrogens is 1. The van der Waals surface area contributed by atoms with Crippen molar-refractivity contribution in [3.05, 3.63) is 58.4 Å². The van der Waals surface area contributed by atoms with Gasteiger partial charge in [-0.1, -0.05) is 35.1 Å². The summed E-state index contributed by atoms with van der Waals surface area (Å²) in [6, 6.07) is 13.4. The molecule has 0 N–H and O–H groups in total. The molecule has 1 heterocycles. The average Bonchev–Trinajstić information content (AvgIpc) is 2.92. The summed E-state index contributed by atoms with van der Waals surface area (Å²) in [5.74, 6) is 0.572. The van der Waals surface area contributed by atoms with Gasteiger partial charge < -0.3 is 9.30 Å². The Morgan fingerprint density at radius 3 is 2.61 bits per heavy atom. The van der Waals surface area contributed by atoms with Crippen LogP contribution in [-0.4, -0.2) is 17.6 Å². The first-order valence-corrected chi connectivity index (χ1v) is 8.27. The van der Waals surface area contributed by atoms with Crippen molar-refractivity contribution in [2.45, 2.75) is 20.4 Å². The second-order valence-electron chi connectivity index (χ2n) is 5.22. The van der Waals surface area contributed by atoms with Crippen molar-refractivity contribution in [3.8, 4) is 5.75 Å². The van der Waals surface area contributed by atoms with Gasteiger partial charge in [0.1, 0.15) is 11.3 Å². The number of rotatable bonds is 3. The number of ether oxygens (including phenoxy) is 1. The lowest BCUT2D eigenvalue weighted by molar-refractivity contribution is 0.0998. The van der Waals surface area contributed by atoms with Crippen LogP contribution in [0.3, 0.4) is 0 Å². The Morgan fingerprint density at radius 1 is 1.22 bits per heavy atom. The number of carbonyl (C=O) groups is 1. The smallest absolute Gasteiger partial charge is 0.279 e. The van der Waals surface area contributed by atoms with Crippen LogP contribution in [0.25, 0.3) is 10.2 Å². The molecule has 118 valence electrons. The third-order valence-corrected chi connectivity index (χ3v) is 4.74. The molecule has 0 aliphatic heterocycles. The van der Waals surface area contributed by atoms with Crippen molar-refractivity contribution in [1.29, 1.82) is 0 Å². The molecule has 0 radical (unpaired) electrons. The zero-order valence-electron chi connectivity index (χ0n) is 13.4. The Balaban J connectivity index is 2.15. The van der Waals surface area contributed by atoms with Gasteiger partial charge in [-0.25, -0.2) is 0 Å². The molecule has 0 unspecified atom stereocenters. The minimum atomic E-state index is -0.224. The Morgan fingerprint density at radius 2 is 1.96 bits per heavy atom. The summed E-state index contributed by atoms with van der Waals surface area (Å²) in [5, 5.41) is 0. The molecule has 0 aliphatic carbocycles. The van der Waals surface area contributed by atoms with Crippen molar-refractivity contribution in [1.82, 2.24) is 4.57 Å². The maximum Gasteiger partial charge on any atom is 0.279 e.